The summed E-state index contributed by atoms with van der Waals surface area (Å²) in [5.74, 6) is 1.97. The maximum absolute atomic E-state index is 5.36. The van der Waals surface area contributed by atoms with Crippen molar-refractivity contribution in [3.05, 3.63) is 233 Å². The normalized spacial score (nSPS) is 17.0. The summed E-state index contributed by atoms with van der Waals surface area (Å²) in [5, 5.41) is 6.15. The Morgan fingerprint density at radius 1 is 0.508 bits per heavy atom. The zero-order valence-corrected chi connectivity index (χ0v) is 34.3. The van der Waals surface area contributed by atoms with Gasteiger partial charge >= 0.3 is 0 Å². The topological polar surface area (TPSA) is 41.7 Å². The number of hydrogen-bond donors (Lipinski definition) is 1. The fourth-order valence-electron chi connectivity index (χ4n) is 10.5. The molecule has 2 heterocycles. The first-order valence-electron chi connectivity index (χ1n) is 21.5. The van der Waals surface area contributed by atoms with Crippen LogP contribution in [-0.2, 0) is 11.8 Å². The second-order valence-corrected chi connectivity index (χ2v) is 17.3. The van der Waals surface area contributed by atoms with Gasteiger partial charge in [0.05, 0.1) is 11.0 Å². The SMILES string of the molecule is CC1(C)c2ccccc2-c2cc3c(cc21)-c1ccccc1C3CCc1cccc(C2=NC(c3cccc(-n4c5ccccc5c5ccccc54)c3)N=C(c3ccccc3)N2)c1. The molecule has 0 saturated carbocycles. The molecule has 2 aliphatic carbocycles. The molecule has 3 aliphatic rings. The molecule has 2 unspecified atom stereocenters. The van der Waals surface area contributed by atoms with Gasteiger partial charge in [0.1, 0.15) is 11.7 Å². The predicted octanol–water partition coefficient (Wildman–Crippen LogP) is 13.3. The van der Waals surface area contributed by atoms with Crippen molar-refractivity contribution in [3.8, 4) is 27.9 Å². The van der Waals surface area contributed by atoms with Crippen molar-refractivity contribution in [2.75, 3.05) is 0 Å². The van der Waals surface area contributed by atoms with E-state index < -0.39 is 6.17 Å². The molecular weight excluding hydrogens is 741 g/mol. The van der Waals surface area contributed by atoms with Crippen molar-refractivity contribution in [1.82, 2.24) is 9.88 Å². The minimum absolute atomic E-state index is 0.0243. The Bertz CT molecular complexity index is 3220. The van der Waals surface area contributed by atoms with Crippen LogP contribution in [0.1, 0.15) is 76.9 Å². The molecule has 8 aromatic carbocycles. The molecule has 0 saturated heterocycles. The van der Waals surface area contributed by atoms with Gasteiger partial charge in [0.25, 0.3) is 0 Å². The highest BCUT2D eigenvalue weighted by Crippen LogP contribution is 2.55. The number of rotatable bonds is 7. The third kappa shape index (κ3) is 5.73. The zero-order chi connectivity index (χ0) is 40.7. The molecule has 1 aliphatic heterocycles. The molecule has 0 spiro atoms. The van der Waals surface area contributed by atoms with E-state index in [9.17, 15) is 0 Å². The van der Waals surface area contributed by atoms with E-state index in [4.69, 9.17) is 9.98 Å². The lowest BCUT2D eigenvalue weighted by atomic mass is 9.81. The van der Waals surface area contributed by atoms with Gasteiger partial charge in [0.2, 0.25) is 0 Å². The maximum Gasteiger partial charge on any atom is 0.169 e. The summed E-state index contributed by atoms with van der Waals surface area (Å²) in [4.78, 5) is 10.6. The van der Waals surface area contributed by atoms with Gasteiger partial charge in [-0.1, -0.05) is 159 Å². The van der Waals surface area contributed by atoms with Crippen LogP contribution in [0.5, 0.6) is 0 Å². The van der Waals surface area contributed by atoms with E-state index >= 15 is 0 Å². The Morgan fingerprint density at radius 2 is 1.16 bits per heavy atom. The summed E-state index contributed by atoms with van der Waals surface area (Å²) >= 11 is 0. The quantitative estimate of drug-likeness (QED) is 0.172. The average Bonchev–Trinajstić information content (AvgIpc) is 3.90. The van der Waals surface area contributed by atoms with Crippen LogP contribution in [0.25, 0.3) is 49.7 Å². The molecule has 61 heavy (non-hydrogen) atoms. The number of hydrogen-bond acceptors (Lipinski definition) is 3. The second-order valence-electron chi connectivity index (χ2n) is 17.3. The van der Waals surface area contributed by atoms with Gasteiger partial charge in [-0.3, -0.25) is 0 Å². The first-order chi connectivity index (χ1) is 30.0. The monoisotopic (exact) mass is 784 g/mol. The van der Waals surface area contributed by atoms with Gasteiger partial charge in [0.15, 0.2) is 6.17 Å². The zero-order valence-electron chi connectivity index (χ0n) is 34.3. The Balaban J connectivity index is 0.890. The summed E-state index contributed by atoms with van der Waals surface area (Å²) in [5.41, 5.74) is 19.2. The molecule has 4 nitrogen and oxygen atoms in total. The van der Waals surface area contributed by atoms with E-state index in [0.29, 0.717) is 5.92 Å². The Labute approximate surface area is 356 Å². The number of nitrogens with one attached hydrogen (secondary N) is 1. The number of para-hydroxylation sites is 2. The third-order valence-corrected chi connectivity index (χ3v) is 13.5. The first kappa shape index (κ1) is 35.6. The highest BCUT2D eigenvalue weighted by molar-refractivity contribution is 6.16. The fraction of sp³-hybridized carbons (Fsp3) is 0.123. The average molecular weight is 785 g/mol. The minimum Gasteiger partial charge on any atom is -0.324 e. The van der Waals surface area contributed by atoms with E-state index in [-0.39, 0.29) is 5.41 Å². The molecule has 0 bridgehead atoms. The lowest BCUT2D eigenvalue weighted by molar-refractivity contribution is 0.660. The molecular formula is C57H44N4. The van der Waals surface area contributed by atoms with Crippen molar-refractivity contribution < 1.29 is 0 Å². The van der Waals surface area contributed by atoms with Gasteiger partial charge in [-0.15, -0.1) is 0 Å². The van der Waals surface area contributed by atoms with E-state index in [2.05, 4.69) is 206 Å². The number of nitrogens with zero attached hydrogens (tertiary/aromatic N) is 3. The fourth-order valence-corrected chi connectivity index (χ4v) is 10.5. The molecule has 2 atom stereocenters. The second kappa shape index (κ2) is 13.9. The molecule has 12 rings (SSSR count). The Hall–Kier alpha value is -7.30. The number of aryl methyl sites for hydroxylation is 1. The van der Waals surface area contributed by atoms with E-state index in [0.717, 1.165) is 46.9 Å². The summed E-state index contributed by atoms with van der Waals surface area (Å²) < 4.78 is 2.36. The molecule has 292 valence electrons. The Morgan fingerprint density at radius 3 is 1.97 bits per heavy atom. The number of benzene rings is 8. The van der Waals surface area contributed by atoms with Gasteiger partial charge in [-0.2, -0.15) is 0 Å². The third-order valence-electron chi connectivity index (χ3n) is 13.5. The number of aliphatic imine (C=N–C) groups is 2. The largest absolute Gasteiger partial charge is 0.324 e. The number of aromatic nitrogens is 1. The molecule has 1 N–H and O–H groups in total. The summed E-state index contributed by atoms with van der Waals surface area (Å²) in [6, 6.07) is 68.5. The summed E-state index contributed by atoms with van der Waals surface area (Å²) in [7, 11) is 0. The van der Waals surface area contributed by atoms with Crippen molar-refractivity contribution in [3.63, 3.8) is 0 Å². The van der Waals surface area contributed by atoms with Crippen LogP contribution in [0.4, 0.5) is 0 Å². The standard InChI is InChI=1S/C57H44N4/c1-57(2)50-27-11-8-24-44(50)49-34-47-43(41-22-6-7-23-42(41)48(47)35-51(49)57)31-30-36-16-14-19-38(32-36)55-58-54(37-17-4-3-5-18-37)59-56(60-55)39-20-15-21-40(33-39)61-52-28-12-9-25-45(52)46-26-10-13-29-53(46)61/h3-29,32-35,43,56H,30-31H2,1-2H3,(H,58,59,60). The molecule has 1 aromatic heterocycles. The maximum atomic E-state index is 5.36. The van der Waals surface area contributed by atoms with Crippen molar-refractivity contribution in [1.29, 1.82) is 0 Å². The number of fused-ring (bicyclic) bond motifs is 9. The van der Waals surface area contributed by atoms with E-state index in [1.165, 1.54) is 71.9 Å². The van der Waals surface area contributed by atoms with Crippen molar-refractivity contribution in [2.24, 2.45) is 9.98 Å². The lowest BCUT2D eigenvalue weighted by Crippen LogP contribution is -2.36. The highest BCUT2D eigenvalue weighted by Gasteiger charge is 2.38. The smallest absolute Gasteiger partial charge is 0.169 e. The number of amidine groups is 2. The van der Waals surface area contributed by atoms with Crippen LogP contribution >= 0.6 is 0 Å². The van der Waals surface area contributed by atoms with Crippen LogP contribution in [0.15, 0.2) is 198 Å². The predicted molar refractivity (Wildman–Crippen MR) is 252 cm³/mol. The van der Waals surface area contributed by atoms with Crippen LogP contribution in [0.2, 0.25) is 0 Å². The molecule has 0 fully saturated rings. The molecule has 4 heteroatoms. The van der Waals surface area contributed by atoms with Gasteiger partial charge in [-0.25, -0.2) is 9.98 Å². The summed E-state index contributed by atoms with van der Waals surface area (Å²) in [6.45, 7) is 4.75. The van der Waals surface area contributed by atoms with Crippen LogP contribution in [-0.4, -0.2) is 16.2 Å². The van der Waals surface area contributed by atoms with Gasteiger partial charge in [-0.05, 0) is 105 Å². The molecule has 9 aromatic rings. The van der Waals surface area contributed by atoms with E-state index in [1.54, 1.807) is 0 Å². The van der Waals surface area contributed by atoms with Crippen molar-refractivity contribution >= 4 is 33.5 Å². The first-order valence-corrected chi connectivity index (χ1v) is 21.5. The minimum atomic E-state index is -0.425. The van der Waals surface area contributed by atoms with E-state index in [1.807, 2.05) is 6.07 Å². The molecule has 0 radical (unpaired) electrons. The van der Waals surface area contributed by atoms with Crippen LogP contribution in [0.3, 0.4) is 0 Å². The van der Waals surface area contributed by atoms with Gasteiger partial charge < -0.3 is 9.88 Å². The summed E-state index contributed by atoms with van der Waals surface area (Å²) in [6.07, 6.45) is 1.54. The molecule has 0 amide bonds. The highest BCUT2D eigenvalue weighted by atomic mass is 15.2. The van der Waals surface area contributed by atoms with Crippen LogP contribution in [0, 0.1) is 0 Å². The van der Waals surface area contributed by atoms with Crippen LogP contribution < -0.4 is 5.32 Å². The lowest BCUT2D eigenvalue weighted by Gasteiger charge is -2.23. The Kier molecular flexibility index (Phi) is 8.11. The van der Waals surface area contributed by atoms with Crippen molar-refractivity contribution in [2.45, 2.75) is 44.2 Å². The van der Waals surface area contributed by atoms with Gasteiger partial charge in [0, 0.05) is 44.5 Å².